The molecule has 0 amide bonds. The van der Waals surface area contributed by atoms with Crippen LogP contribution in [0, 0.1) is 75.9 Å². The molecule has 0 aliphatic carbocycles. The van der Waals surface area contributed by atoms with Crippen molar-refractivity contribution in [1.82, 2.24) is 0 Å². The summed E-state index contributed by atoms with van der Waals surface area (Å²) < 4.78 is 0. The van der Waals surface area contributed by atoms with E-state index >= 15 is 0 Å². The SMILES string of the molecule is Cl.Cl.Cl.[Dy].[Ho]. The van der Waals surface area contributed by atoms with Crippen molar-refractivity contribution in [1.29, 1.82) is 0 Å². The molecule has 5 heavy (non-hydrogen) atoms. The van der Waals surface area contributed by atoms with Gasteiger partial charge in [0.2, 0.25) is 0 Å². The molecule has 0 nitrogen and oxygen atoms in total. The smallest absolute Gasteiger partial charge is 0 e. The Morgan fingerprint density at radius 2 is 0.600 bits per heavy atom. The predicted octanol–water partition coefficient (Wildman–Crippen LogP) is 1.27. The van der Waals surface area contributed by atoms with Crippen LogP contribution in [0.5, 0.6) is 0 Å². The first-order valence-electron chi connectivity index (χ1n) is 0. The summed E-state index contributed by atoms with van der Waals surface area (Å²) in [6.45, 7) is 0. The molecule has 0 saturated carbocycles. The van der Waals surface area contributed by atoms with Gasteiger partial charge in [-0.15, -0.1) is 37.2 Å². The minimum Gasteiger partial charge on any atom is -0.147 e. The molecule has 0 aromatic carbocycles. The van der Waals surface area contributed by atoms with E-state index in [-0.39, 0.29) is 113 Å². The Hall–Kier alpha value is 3.40. The normalized spacial score (nSPS) is 0. The third kappa shape index (κ3) is 18.7. The number of hydrogen-bond acceptors (Lipinski definition) is 0. The molecule has 0 fully saturated rings. The number of hydrogen-bond donors (Lipinski definition) is 0. The van der Waals surface area contributed by atoms with Gasteiger partial charge in [0.25, 0.3) is 0 Å². The van der Waals surface area contributed by atoms with Crippen LogP contribution in [0.1, 0.15) is 0 Å². The Kier molecular flexibility index (Phi) is 208. The van der Waals surface area contributed by atoms with Gasteiger partial charge < -0.3 is 0 Å². The number of halogens is 3. The molecule has 0 bridgehead atoms. The average molecular weight is 437 g/mol. The Labute approximate surface area is 110 Å². The number of rotatable bonds is 0. The Morgan fingerprint density at radius 3 is 0.600 bits per heavy atom. The maximum absolute atomic E-state index is 0. The van der Waals surface area contributed by atoms with E-state index < -0.39 is 0 Å². The van der Waals surface area contributed by atoms with Crippen molar-refractivity contribution in [2.45, 2.75) is 0 Å². The first-order chi connectivity index (χ1) is 0. The summed E-state index contributed by atoms with van der Waals surface area (Å²) in [5.74, 6) is 0. The minimum absolute atomic E-state index is 0. The van der Waals surface area contributed by atoms with E-state index in [0.717, 1.165) is 0 Å². The summed E-state index contributed by atoms with van der Waals surface area (Å²) in [5, 5.41) is 0. The van der Waals surface area contributed by atoms with Crippen molar-refractivity contribution < 1.29 is 75.9 Å². The molecule has 0 aromatic rings. The molecule has 0 heterocycles. The van der Waals surface area contributed by atoms with E-state index in [9.17, 15) is 0 Å². The first kappa shape index (κ1) is 39.8. The average Bonchev–Trinajstić information content (AvgIpc) is 0. The molecule has 5 heteroatoms. The minimum atomic E-state index is 0. The molecule has 0 N–H and O–H groups in total. The molecule has 0 unspecified atom stereocenters. The van der Waals surface area contributed by atoms with Gasteiger partial charge in [0.15, 0.2) is 0 Å². The summed E-state index contributed by atoms with van der Waals surface area (Å²) in [6.07, 6.45) is 0. The van der Waals surface area contributed by atoms with Gasteiger partial charge in [-0.3, -0.25) is 0 Å². The van der Waals surface area contributed by atoms with Crippen LogP contribution in [-0.4, -0.2) is 0 Å². The van der Waals surface area contributed by atoms with Crippen LogP contribution in [-0.2, 0) is 0 Å². The van der Waals surface area contributed by atoms with Crippen molar-refractivity contribution in [2.75, 3.05) is 0 Å². The fraction of sp³-hybridized carbons (Fsp3) is 0. The van der Waals surface area contributed by atoms with E-state index in [1.54, 1.807) is 0 Å². The molecule has 0 aliphatic heterocycles. The summed E-state index contributed by atoms with van der Waals surface area (Å²) >= 11 is 0. The van der Waals surface area contributed by atoms with E-state index in [0.29, 0.717) is 0 Å². The second kappa shape index (κ2) is 26.2. The molecule has 45 valence electrons. The Morgan fingerprint density at radius 1 is 0.600 bits per heavy atom. The Balaban J connectivity index is 0. The molecular formula is H3Cl3DyHo. The van der Waals surface area contributed by atoms with Crippen LogP contribution in [0.15, 0.2) is 0 Å². The van der Waals surface area contributed by atoms with Gasteiger partial charge in [-0.2, -0.15) is 0 Å². The van der Waals surface area contributed by atoms with Crippen molar-refractivity contribution in [3.8, 4) is 0 Å². The van der Waals surface area contributed by atoms with Gasteiger partial charge in [-0.05, 0) is 0 Å². The second-order valence-electron chi connectivity index (χ2n) is 0. The summed E-state index contributed by atoms with van der Waals surface area (Å²) in [5.41, 5.74) is 0. The molecule has 1 radical (unpaired) electrons. The topological polar surface area (TPSA) is 0 Å². The molecule has 0 aromatic heterocycles. The van der Waals surface area contributed by atoms with E-state index in [4.69, 9.17) is 0 Å². The van der Waals surface area contributed by atoms with Crippen molar-refractivity contribution in [2.24, 2.45) is 0 Å². The zero-order valence-corrected chi connectivity index (χ0v) is 8.26. The maximum atomic E-state index is 0. The van der Waals surface area contributed by atoms with Crippen molar-refractivity contribution in [3.63, 3.8) is 0 Å². The van der Waals surface area contributed by atoms with Gasteiger partial charge in [-0.25, -0.2) is 0 Å². The van der Waals surface area contributed by atoms with E-state index in [1.165, 1.54) is 0 Å². The second-order valence-corrected chi connectivity index (χ2v) is 0. The van der Waals surface area contributed by atoms with Crippen LogP contribution in [0.25, 0.3) is 0 Å². The fourth-order valence-electron chi connectivity index (χ4n) is 0. The zero-order chi connectivity index (χ0) is 0. The summed E-state index contributed by atoms with van der Waals surface area (Å²) in [4.78, 5) is 0. The van der Waals surface area contributed by atoms with Gasteiger partial charge in [0, 0.05) is 75.9 Å². The van der Waals surface area contributed by atoms with E-state index in [2.05, 4.69) is 0 Å². The Bertz CT molecular complexity index is 6.85. The zero-order valence-electron chi connectivity index (χ0n) is 1.84. The van der Waals surface area contributed by atoms with Gasteiger partial charge >= 0.3 is 0 Å². The van der Waals surface area contributed by atoms with Crippen LogP contribution >= 0.6 is 37.2 Å². The molecule has 0 saturated heterocycles. The van der Waals surface area contributed by atoms with Gasteiger partial charge in [0.1, 0.15) is 0 Å². The molecule has 0 rings (SSSR count). The van der Waals surface area contributed by atoms with Crippen LogP contribution < -0.4 is 0 Å². The van der Waals surface area contributed by atoms with Gasteiger partial charge in [-0.1, -0.05) is 0 Å². The quantitative estimate of drug-likeness (QED) is 0.502. The molecule has 0 aliphatic rings. The third-order valence-electron chi connectivity index (χ3n) is 0. The van der Waals surface area contributed by atoms with Crippen LogP contribution in [0.3, 0.4) is 0 Å². The van der Waals surface area contributed by atoms with Crippen LogP contribution in [0.2, 0.25) is 0 Å². The molecule has 0 spiro atoms. The predicted molar refractivity (Wildman–Crippen MR) is 21.7 cm³/mol. The van der Waals surface area contributed by atoms with Crippen molar-refractivity contribution in [3.05, 3.63) is 0 Å². The maximum Gasteiger partial charge on any atom is 0 e. The summed E-state index contributed by atoms with van der Waals surface area (Å²) in [6, 6.07) is 0. The summed E-state index contributed by atoms with van der Waals surface area (Å²) in [7, 11) is 0. The van der Waals surface area contributed by atoms with E-state index in [1.807, 2.05) is 0 Å². The first-order valence-corrected chi connectivity index (χ1v) is 0. The van der Waals surface area contributed by atoms with Gasteiger partial charge in [0.05, 0.1) is 0 Å². The fourth-order valence-corrected chi connectivity index (χ4v) is 0. The standard InChI is InChI=1S/3ClH.Dy.Ho/h3*1H;;. The monoisotopic (exact) mass is 437 g/mol. The largest absolute Gasteiger partial charge is 0.147 e. The van der Waals surface area contributed by atoms with Crippen LogP contribution in [0.4, 0.5) is 0 Å². The molecule has 0 atom stereocenters. The van der Waals surface area contributed by atoms with Crippen molar-refractivity contribution >= 4 is 37.2 Å². The third-order valence-corrected chi connectivity index (χ3v) is 0. The molecular weight excluding hydrogens is 434 g/mol.